The number of nitrogens with two attached hydrogens (primary N) is 2. The van der Waals surface area contributed by atoms with E-state index in [1.807, 2.05) is 62.4 Å². The monoisotopic (exact) mass is 790 g/mol. The predicted octanol–water partition coefficient (Wildman–Crippen LogP) is 1.14. The van der Waals surface area contributed by atoms with Crippen molar-refractivity contribution in [2.75, 3.05) is 13.2 Å². The van der Waals surface area contributed by atoms with E-state index in [1.54, 1.807) is 10.6 Å². The number of aliphatic hydroxyl groups is 1. The number of aromatic nitrogens is 3. The first-order chi connectivity index (χ1) is 26.8. The molecule has 56 heavy (non-hydrogen) atoms. The lowest BCUT2D eigenvalue weighted by atomic mass is 10.0. The number of nitrogens with one attached hydrogen (secondary N) is 4. The van der Waals surface area contributed by atoms with E-state index < -0.39 is 60.2 Å². The first kappa shape index (κ1) is 43.0. The third-order valence-electron chi connectivity index (χ3n) is 8.49. The van der Waals surface area contributed by atoms with Crippen molar-refractivity contribution in [3.63, 3.8) is 0 Å². The fourth-order valence-electron chi connectivity index (χ4n) is 5.75. The van der Waals surface area contributed by atoms with Crippen LogP contribution in [0.1, 0.15) is 61.1 Å². The van der Waals surface area contributed by atoms with Gasteiger partial charge in [0.2, 0.25) is 29.4 Å². The minimum absolute atomic E-state index is 0.0823. The van der Waals surface area contributed by atoms with Crippen molar-refractivity contribution in [3.05, 3.63) is 83.4 Å². The number of ketones is 1. The van der Waals surface area contributed by atoms with Gasteiger partial charge >= 0.3 is 0 Å². The van der Waals surface area contributed by atoms with E-state index in [4.69, 9.17) is 16.2 Å². The third-order valence-corrected chi connectivity index (χ3v) is 9.54. The van der Waals surface area contributed by atoms with Gasteiger partial charge in [0, 0.05) is 31.8 Å². The van der Waals surface area contributed by atoms with Gasteiger partial charge < -0.3 is 47.1 Å². The zero-order valence-electron chi connectivity index (χ0n) is 31.6. The summed E-state index contributed by atoms with van der Waals surface area (Å²) in [7, 11) is 0. The van der Waals surface area contributed by atoms with Gasteiger partial charge in [0.15, 0.2) is 11.0 Å². The van der Waals surface area contributed by atoms with Crippen LogP contribution in [0.2, 0.25) is 0 Å². The van der Waals surface area contributed by atoms with Gasteiger partial charge in [-0.3, -0.25) is 29.0 Å². The molecule has 4 amide bonds. The van der Waals surface area contributed by atoms with Crippen LogP contribution in [-0.4, -0.2) is 92.3 Å². The Morgan fingerprint density at radius 3 is 2.23 bits per heavy atom. The summed E-state index contributed by atoms with van der Waals surface area (Å²) in [6.45, 7) is 4.84. The zero-order valence-corrected chi connectivity index (χ0v) is 32.5. The highest BCUT2D eigenvalue weighted by molar-refractivity contribution is 7.20. The molecular formula is C38H50N10O7S. The highest BCUT2D eigenvalue weighted by Gasteiger charge is 2.33. The number of thiazole rings is 1. The fourth-order valence-corrected chi connectivity index (χ4v) is 6.71. The number of guanidine groups is 1. The number of carbonyl (C=O) groups excluding carboxylic acids is 5. The van der Waals surface area contributed by atoms with Crippen molar-refractivity contribution in [2.45, 2.75) is 84.0 Å². The van der Waals surface area contributed by atoms with E-state index >= 15 is 0 Å². The molecule has 18 heteroatoms. The number of para-hydroxylation sites is 1. The Balaban J connectivity index is 1.56. The molecule has 0 saturated heterocycles. The second-order valence-electron chi connectivity index (χ2n) is 13.6. The lowest BCUT2D eigenvalue weighted by molar-refractivity contribution is -0.134. The molecule has 0 unspecified atom stereocenters. The van der Waals surface area contributed by atoms with Crippen LogP contribution in [0.25, 0.3) is 10.2 Å². The van der Waals surface area contributed by atoms with E-state index in [0.717, 1.165) is 10.3 Å². The van der Waals surface area contributed by atoms with Crippen LogP contribution < -0.4 is 32.7 Å². The second-order valence-corrected chi connectivity index (χ2v) is 14.6. The van der Waals surface area contributed by atoms with E-state index in [1.165, 1.54) is 30.8 Å². The maximum atomic E-state index is 14.1. The number of rotatable bonds is 22. The third kappa shape index (κ3) is 13.2. The van der Waals surface area contributed by atoms with Crippen LogP contribution in [0, 0.1) is 5.92 Å². The number of carbonyl (C=O) groups is 5. The number of aliphatic imine (C=N–C) groups is 1. The number of hydrogen-bond donors (Lipinski definition) is 7. The zero-order chi connectivity index (χ0) is 40.6. The average Bonchev–Trinajstić information content (AvgIpc) is 3.81. The van der Waals surface area contributed by atoms with Crippen molar-refractivity contribution in [1.29, 1.82) is 0 Å². The Hall–Kier alpha value is -5.72. The summed E-state index contributed by atoms with van der Waals surface area (Å²) < 4.78 is 8.35. The number of fused-ring (bicyclic) bond motifs is 1. The van der Waals surface area contributed by atoms with Crippen LogP contribution in [0.3, 0.4) is 0 Å². The van der Waals surface area contributed by atoms with Gasteiger partial charge in [0.25, 0.3) is 0 Å². The van der Waals surface area contributed by atoms with Crippen LogP contribution in [0.5, 0.6) is 0 Å². The number of aliphatic hydroxyl groups excluding tert-OH is 1. The normalized spacial score (nSPS) is 13.3. The average molecular weight is 791 g/mol. The van der Waals surface area contributed by atoms with Crippen LogP contribution in [0.15, 0.2) is 72.1 Å². The highest BCUT2D eigenvalue weighted by Crippen LogP contribution is 2.23. The Bertz CT molecular complexity index is 1930. The number of hydrogen-bond acceptors (Lipinski definition) is 11. The Morgan fingerprint density at radius 1 is 0.893 bits per heavy atom. The van der Waals surface area contributed by atoms with Crippen molar-refractivity contribution in [2.24, 2.45) is 22.4 Å². The summed E-state index contributed by atoms with van der Waals surface area (Å²) >= 11 is 1.21. The first-order valence-electron chi connectivity index (χ1n) is 18.2. The summed E-state index contributed by atoms with van der Waals surface area (Å²) in [5.74, 6) is -3.31. The number of ether oxygens (including phenoxy) is 1. The Morgan fingerprint density at radius 2 is 1.55 bits per heavy atom. The summed E-state index contributed by atoms with van der Waals surface area (Å²) in [6, 6.07) is 12.1. The molecule has 2 aromatic carbocycles. The first-order valence-corrected chi connectivity index (χ1v) is 19.0. The molecule has 17 nitrogen and oxygen atoms in total. The highest BCUT2D eigenvalue weighted by atomic mass is 32.1. The number of nitrogens with zero attached hydrogens (tertiary/aromatic N) is 4. The molecule has 0 bridgehead atoms. The lowest BCUT2D eigenvalue weighted by Crippen LogP contribution is -2.59. The molecule has 0 spiro atoms. The van der Waals surface area contributed by atoms with Crippen molar-refractivity contribution >= 4 is 56.9 Å². The molecule has 2 aromatic heterocycles. The summed E-state index contributed by atoms with van der Waals surface area (Å²) in [5, 5.41) is 20.7. The smallest absolute Gasteiger partial charge is 0.245 e. The van der Waals surface area contributed by atoms with Gasteiger partial charge in [-0.2, -0.15) is 0 Å². The molecule has 0 radical (unpaired) electrons. The molecule has 4 aromatic rings. The van der Waals surface area contributed by atoms with Crippen molar-refractivity contribution in [1.82, 2.24) is 35.8 Å². The van der Waals surface area contributed by atoms with Crippen molar-refractivity contribution < 1.29 is 33.8 Å². The lowest BCUT2D eigenvalue weighted by Gasteiger charge is -2.27. The standard InChI is InChI=1S/C38H50N10O7S/c1-23(2)16-29(34(52)44-28(13-9-15-42-38(39)40)33(51)37-47-27-12-7-8-14-32(27)56-37)45-35(53)30(46-36(54)31(19-49)43-24(3)50)17-26-18-41-21-48(26)22-55-20-25-10-5-4-6-11-25/h4-8,10-12,14,18,21,23,28-31,49H,9,13,15-17,19-20,22H2,1-3H3,(H,43,50)(H,44,52)(H,45,53)(H,46,54)(H4,39,40,42)/t28-,29+,30+,31+/m1/s1. The largest absolute Gasteiger partial charge is 0.394 e. The summed E-state index contributed by atoms with van der Waals surface area (Å²) in [6.07, 6.45) is 3.68. The molecule has 300 valence electrons. The van der Waals surface area contributed by atoms with E-state index in [0.29, 0.717) is 24.2 Å². The predicted molar refractivity (Wildman–Crippen MR) is 211 cm³/mol. The maximum absolute atomic E-state index is 14.1. The molecule has 0 aliphatic heterocycles. The van der Waals surface area contributed by atoms with Gasteiger partial charge in [0.1, 0.15) is 24.9 Å². The molecule has 9 N–H and O–H groups in total. The Kier molecular flexibility index (Phi) is 16.4. The summed E-state index contributed by atoms with van der Waals surface area (Å²) in [5.41, 5.74) is 13.1. The SMILES string of the molecule is CC(=O)N[C@@H](CO)C(=O)N[C@@H](Cc1cncn1COCc1ccccc1)C(=O)N[C@@H](CC(C)C)C(=O)N[C@H](CCCN=C(N)N)C(=O)c1nc2ccccc2s1. The molecular weight excluding hydrogens is 741 g/mol. The minimum Gasteiger partial charge on any atom is -0.394 e. The van der Waals surface area contributed by atoms with Gasteiger partial charge in [-0.05, 0) is 42.9 Å². The van der Waals surface area contributed by atoms with E-state index in [9.17, 15) is 29.1 Å². The Labute approximate surface area is 328 Å². The van der Waals surface area contributed by atoms with Gasteiger partial charge in [0.05, 0.1) is 35.8 Å². The number of imidazole rings is 1. The number of Topliss-reactive ketones (excluding diaryl/α,β-unsaturated/α-hetero) is 1. The van der Waals surface area contributed by atoms with E-state index in [-0.39, 0.29) is 49.4 Å². The fraction of sp³-hybridized carbons (Fsp3) is 0.421. The number of amides is 4. The second kappa shape index (κ2) is 21.4. The minimum atomic E-state index is -1.34. The molecule has 4 rings (SSSR count). The molecule has 0 aliphatic rings. The van der Waals surface area contributed by atoms with Gasteiger partial charge in [-0.1, -0.05) is 56.3 Å². The molecule has 4 atom stereocenters. The molecule has 2 heterocycles. The maximum Gasteiger partial charge on any atom is 0.245 e. The topological polar surface area (TPSA) is 258 Å². The molecule has 0 aliphatic carbocycles. The quantitative estimate of drug-likeness (QED) is 0.0257. The van der Waals surface area contributed by atoms with Crippen LogP contribution in [-0.2, 0) is 43.7 Å². The van der Waals surface area contributed by atoms with Gasteiger partial charge in [-0.15, -0.1) is 11.3 Å². The van der Waals surface area contributed by atoms with Crippen molar-refractivity contribution in [3.8, 4) is 0 Å². The van der Waals surface area contributed by atoms with Crippen LogP contribution in [0.4, 0.5) is 0 Å². The number of benzene rings is 2. The summed E-state index contributed by atoms with van der Waals surface area (Å²) in [4.78, 5) is 79.7. The van der Waals surface area contributed by atoms with Crippen LogP contribution >= 0.6 is 11.3 Å². The van der Waals surface area contributed by atoms with Gasteiger partial charge in [-0.25, -0.2) is 9.97 Å². The molecule has 0 saturated carbocycles. The molecule has 0 fully saturated rings. The van der Waals surface area contributed by atoms with E-state index in [2.05, 4.69) is 36.2 Å².